The Balaban J connectivity index is 1.38. The summed E-state index contributed by atoms with van der Waals surface area (Å²) in [6.07, 6.45) is 4.55. The van der Waals surface area contributed by atoms with E-state index >= 15 is 0 Å². The number of nitrogens with zero attached hydrogens (tertiary/aromatic N) is 3. The molecule has 7 heteroatoms. The third-order valence-electron chi connectivity index (χ3n) is 7.06. The molecule has 0 fully saturated rings. The molecule has 0 atom stereocenters. The van der Waals surface area contributed by atoms with Crippen molar-refractivity contribution in [2.24, 2.45) is 0 Å². The van der Waals surface area contributed by atoms with Crippen LogP contribution in [0, 0.1) is 12.7 Å². The van der Waals surface area contributed by atoms with Crippen LogP contribution in [-0.2, 0) is 6.42 Å². The topological polar surface area (TPSA) is 71.8 Å². The van der Waals surface area contributed by atoms with Gasteiger partial charge in [-0.1, -0.05) is 73.2 Å². The van der Waals surface area contributed by atoms with Crippen LogP contribution in [-0.4, -0.2) is 20.6 Å². The molecular weight excluding hydrogens is 513 g/mol. The number of carbonyl (C=O) groups excluding carboxylic acids is 1. The van der Waals surface area contributed by atoms with Crippen LogP contribution in [0.25, 0.3) is 39.0 Å². The summed E-state index contributed by atoms with van der Waals surface area (Å²) in [6, 6.07) is 30.0. The fourth-order valence-corrected chi connectivity index (χ4v) is 4.89. The van der Waals surface area contributed by atoms with E-state index in [4.69, 9.17) is 0 Å². The van der Waals surface area contributed by atoms with E-state index in [1.807, 2.05) is 24.3 Å². The van der Waals surface area contributed by atoms with Crippen molar-refractivity contribution in [3.05, 3.63) is 127 Å². The average Bonchev–Trinajstić information content (AvgIpc) is 3.38. The highest BCUT2D eigenvalue weighted by Crippen LogP contribution is 2.35. The normalized spacial score (nSPS) is 11.0. The number of fused-ring (bicyclic) bond motifs is 1. The van der Waals surface area contributed by atoms with Gasteiger partial charge in [-0.2, -0.15) is 0 Å². The Bertz CT molecular complexity index is 1880. The fourth-order valence-electron chi connectivity index (χ4n) is 4.89. The van der Waals surface area contributed by atoms with Crippen molar-refractivity contribution in [1.82, 2.24) is 14.5 Å². The zero-order chi connectivity index (χ0) is 28.3. The molecule has 0 spiro atoms. The van der Waals surface area contributed by atoms with Crippen LogP contribution in [0.4, 0.5) is 20.6 Å². The van der Waals surface area contributed by atoms with Crippen molar-refractivity contribution in [1.29, 1.82) is 0 Å². The minimum Gasteiger partial charge on any atom is -0.308 e. The zero-order valence-electron chi connectivity index (χ0n) is 22.7. The molecule has 6 aromatic rings. The molecule has 0 aliphatic heterocycles. The summed E-state index contributed by atoms with van der Waals surface area (Å²) in [6.45, 7) is 4.16. The number of urea groups is 1. The van der Waals surface area contributed by atoms with E-state index in [2.05, 4.69) is 87.7 Å². The highest BCUT2D eigenvalue weighted by molar-refractivity contribution is 6.01. The Morgan fingerprint density at radius 2 is 1.61 bits per heavy atom. The van der Waals surface area contributed by atoms with E-state index in [0.717, 1.165) is 51.1 Å². The van der Waals surface area contributed by atoms with Crippen LogP contribution in [0.3, 0.4) is 0 Å². The third-order valence-corrected chi connectivity index (χ3v) is 7.06. The number of aromatic nitrogens is 3. The highest BCUT2D eigenvalue weighted by Gasteiger charge is 2.15. The van der Waals surface area contributed by atoms with Gasteiger partial charge in [0.1, 0.15) is 18.0 Å². The third kappa shape index (κ3) is 5.43. The van der Waals surface area contributed by atoms with Gasteiger partial charge in [0.25, 0.3) is 0 Å². The van der Waals surface area contributed by atoms with Gasteiger partial charge in [0.05, 0.1) is 11.2 Å². The molecule has 0 saturated heterocycles. The number of hydrogen-bond donors (Lipinski definition) is 2. The van der Waals surface area contributed by atoms with Crippen molar-refractivity contribution in [2.45, 2.75) is 20.3 Å². The molecule has 6 nitrogen and oxygen atoms in total. The van der Waals surface area contributed by atoms with Gasteiger partial charge in [0, 0.05) is 34.6 Å². The maximum Gasteiger partial charge on any atom is 0.323 e. The number of halogens is 1. The molecule has 0 unspecified atom stereocenters. The van der Waals surface area contributed by atoms with Crippen LogP contribution in [0.2, 0.25) is 0 Å². The van der Waals surface area contributed by atoms with Crippen LogP contribution in [0.1, 0.15) is 18.2 Å². The molecule has 2 N–H and O–H groups in total. The van der Waals surface area contributed by atoms with Gasteiger partial charge >= 0.3 is 6.03 Å². The minimum atomic E-state index is -0.519. The second kappa shape index (κ2) is 11.1. The SMILES string of the molecule is CCc1cc(-n2cc(-c3ccc(C)cc3)c3ccc(-c4cccc(NC(=O)Nc5ccccc5F)c4)cc32)ncn1. The number of hydrogen-bond acceptors (Lipinski definition) is 3. The number of aryl methyl sites for hydroxylation is 2. The van der Waals surface area contributed by atoms with Crippen LogP contribution in [0.15, 0.2) is 110 Å². The number of nitrogens with one attached hydrogen (secondary N) is 2. The predicted octanol–water partition coefficient (Wildman–Crippen LogP) is 8.41. The smallest absolute Gasteiger partial charge is 0.308 e. The molecule has 2 heterocycles. The van der Waals surface area contributed by atoms with Crippen molar-refractivity contribution in [3.63, 3.8) is 0 Å². The molecule has 4 aromatic carbocycles. The highest BCUT2D eigenvalue weighted by atomic mass is 19.1. The second-order valence-corrected chi connectivity index (χ2v) is 9.87. The van der Waals surface area contributed by atoms with Gasteiger partial charge in [-0.05, 0) is 60.4 Å². The van der Waals surface area contributed by atoms with Gasteiger partial charge < -0.3 is 15.2 Å². The quantitative estimate of drug-likeness (QED) is 0.222. The molecule has 0 aliphatic rings. The molecule has 41 heavy (non-hydrogen) atoms. The van der Waals surface area contributed by atoms with Gasteiger partial charge in [-0.15, -0.1) is 0 Å². The lowest BCUT2D eigenvalue weighted by atomic mass is 10.00. The Morgan fingerprint density at radius 1 is 0.829 bits per heavy atom. The van der Waals surface area contributed by atoms with E-state index < -0.39 is 11.8 Å². The minimum absolute atomic E-state index is 0.118. The molecule has 2 amide bonds. The standard InChI is InChI=1S/C34H28FN5O/c1-3-26-19-33(37-21-36-26)40-20-29(23-13-11-22(2)12-14-23)28-16-15-25(18-32(28)40)24-7-6-8-27(17-24)38-34(41)39-31-10-5-4-9-30(31)35/h4-21H,3H2,1-2H3,(H2,38,39,41). The maximum absolute atomic E-state index is 14.0. The van der Waals surface area contributed by atoms with Crippen molar-refractivity contribution < 1.29 is 9.18 Å². The molecule has 0 radical (unpaired) electrons. The Morgan fingerprint density at radius 3 is 2.41 bits per heavy atom. The largest absolute Gasteiger partial charge is 0.323 e. The zero-order valence-corrected chi connectivity index (χ0v) is 22.7. The summed E-state index contributed by atoms with van der Waals surface area (Å²) < 4.78 is 16.1. The Kier molecular flexibility index (Phi) is 7.00. The van der Waals surface area contributed by atoms with E-state index in [-0.39, 0.29) is 5.69 Å². The average molecular weight is 542 g/mol. The molecule has 0 aliphatic carbocycles. The Labute approximate surface area is 237 Å². The lowest BCUT2D eigenvalue weighted by molar-refractivity contribution is 0.262. The van der Waals surface area contributed by atoms with Gasteiger partial charge in [-0.25, -0.2) is 19.2 Å². The summed E-state index contributed by atoms with van der Waals surface area (Å²) in [7, 11) is 0. The first-order valence-corrected chi connectivity index (χ1v) is 13.4. The number of benzene rings is 4. The van der Waals surface area contributed by atoms with Crippen molar-refractivity contribution in [2.75, 3.05) is 10.6 Å². The van der Waals surface area contributed by atoms with Crippen molar-refractivity contribution >= 4 is 28.3 Å². The summed E-state index contributed by atoms with van der Waals surface area (Å²) >= 11 is 0. The number of rotatable bonds is 6. The number of amides is 2. The number of anilines is 2. The first kappa shape index (κ1) is 26.0. The van der Waals surface area contributed by atoms with Crippen LogP contribution < -0.4 is 10.6 Å². The Hall–Kier alpha value is -5.30. The molecule has 202 valence electrons. The summed E-state index contributed by atoms with van der Waals surface area (Å²) in [5.74, 6) is 0.310. The monoisotopic (exact) mass is 541 g/mol. The summed E-state index contributed by atoms with van der Waals surface area (Å²) in [5.41, 5.74) is 8.05. The van der Waals surface area contributed by atoms with E-state index in [9.17, 15) is 9.18 Å². The van der Waals surface area contributed by atoms with Gasteiger partial charge in [0.2, 0.25) is 0 Å². The summed E-state index contributed by atoms with van der Waals surface area (Å²) in [4.78, 5) is 21.5. The lowest BCUT2D eigenvalue weighted by Crippen LogP contribution is -2.20. The number of para-hydroxylation sites is 1. The molecule has 0 bridgehead atoms. The maximum atomic E-state index is 14.0. The molecular formula is C34H28FN5O. The first-order chi connectivity index (χ1) is 20.0. The second-order valence-electron chi connectivity index (χ2n) is 9.87. The lowest BCUT2D eigenvalue weighted by Gasteiger charge is -2.11. The number of carbonyl (C=O) groups is 1. The van der Waals surface area contributed by atoms with E-state index in [1.165, 1.54) is 17.7 Å². The van der Waals surface area contributed by atoms with Gasteiger partial charge in [0.15, 0.2) is 0 Å². The van der Waals surface area contributed by atoms with Crippen molar-refractivity contribution in [3.8, 4) is 28.1 Å². The molecule has 6 rings (SSSR count). The molecule has 2 aromatic heterocycles. The fraction of sp³-hybridized carbons (Fsp3) is 0.0882. The summed E-state index contributed by atoms with van der Waals surface area (Å²) in [5, 5.41) is 6.47. The van der Waals surface area contributed by atoms with Crippen LogP contribution in [0.5, 0.6) is 0 Å². The first-order valence-electron chi connectivity index (χ1n) is 13.4. The molecule has 0 saturated carbocycles. The van der Waals surface area contributed by atoms with E-state index in [1.54, 1.807) is 24.5 Å². The van der Waals surface area contributed by atoms with E-state index in [0.29, 0.717) is 5.69 Å². The predicted molar refractivity (Wildman–Crippen MR) is 163 cm³/mol. The van der Waals surface area contributed by atoms with Gasteiger partial charge in [-0.3, -0.25) is 0 Å². The van der Waals surface area contributed by atoms with Crippen LogP contribution >= 0.6 is 0 Å².